The van der Waals surface area contributed by atoms with Crippen molar-refractivity contribution < 1.29 is 4.42 Å². The van der Waals surface area contributed by atoms with Crippen LogP contribution in [0.15, 0.2) is 41.1 Å². The molecule has 2 rings (SSSR count). The van der Waals surface area contributed by atoms with Crippen LogP contribution in [0.25, 0.3) is 11.5 Å². The van der Waals surface area contributed by atoms with Crippen molar-refractivity contribution in [3.63, 3.8) is 0 Å². The van der Waals surface area contributed by atoms with Crippen LogP contribution in [0.5, 0.6) is 0 Å². The molecule has 2 aromatic rings. The second-order valence-electron chi connectivity index (χ2n) is 3.34. The molecule has 0 saturated heterocycles. The Morgan fingerprint density at radius 3 is 2.60 bits per heavy atom. The monoisotopic (exact) mass is 265 g/mol. The van der Waals surface area contributed by atoms with E-state index in [1.54, 1.807) is 12.5 Å². The van der Waals surface area contributed by atoms with Gasteiger partial charge in [0.15, 0.2) is 0 Å². The van der Waals surface area contributed by atoms with Crippen LogP contribution in [0.4, 0.5) is 0 Å². The van der Waals surface area contributed by atoms with E-state index in [2.05, 4.69) is 40.0 Å². The first-order valence-corrected chi connectivity index (χ1v) is 5.86. The number of hydrogen-bond donors (Lipinski definition) is 0. The third kappa shape index (κ3) is 2.29. The van der Waals surface area contributed by atoms with Gasteiger partial charge in [0.05, 0.1) is 6.20 Å². The molecule has 0 fully saturated rings. The summed E-state index contributed by atoms with van der Waals surface area (Å²) < 4.78 is 5.22. The van der Waals surface area contributed by atoms with E-state index >= 15 is 0 Å². The lowest BCUT2D eigenvalue weighted by Crippen LogP contribution is -1.87. The van der Waals surface area contributed by atoms with E-state index in [0.29, 0.717) is 10.7 Å². The lowest BCUT2D eigenvalue weighted by Gasteiger charge is -2.06. The fourth-order valence-electron chi connectivity index (χ4n) is 1.44. The van der Waals surface area contributed by atoms with Crippen molar-refractivity contribution in [3.05, 3.63) is 42.3 Å². The van der Waals surface area contributed by atoms with Crippen molar-refractivity contribution in [2.45, 2.75) is 18.2 Å². The SMILES string of the molecule is CCC(Br)c1ccc(-c2ncco2)cc1. The summed E-state index contributed by atoms with van der Waals surface area (Å²) in [6.45, 7) is 2.15. The maximum absolute atomic E-state index is 5.22. The van der Waals surface area contributed by atoms with Crippen molar-refractivity contribution in [1.82, 2.24) is 4.98 Å². The predicted molar refractivity (Wildman–Crippen MR) is 63.9 cm³/mol. The summed E-state index contributed by atoms with van der Waals surface area (Å²) in [5.74, 6) is 0.671. The molecule has 1 aromatic heterocycles. The number of alkyl halides is 1. The Kier molecular flexibility index (Phi) is 3.21. The standard InChI is InChI=1S/C12H12BrNO/c1-2-11(13)9-3-5-10(6-4-9)12-14-7-8-15-12/h3-8,11H,2H2,1H3. The van der Waals surface area contributed by atoms with Gasteiger partial charge in [-0.3, -0.25) is 0 Å². The minimum atomic E-state index is 0.427. The summed E-state index contributed by atoms with van der Waals surface area (Å²) in [6, 6.07) is 8.26. The molecule has 78 valence electrons. The van der Waals surface area contributed by atoms with E-state index in [4.69, 9.17) is 4.42 Å². The number of oxazole rings is 1. The van der Waals surface area contributed by atoms with Gasteiger partial charge in [-0.05, 0) is 24.1 Å². The predicted octanol–water partition coefficient (Wildman–Crippen LogP) is 4.19. The molecule has 0 aliphatic rings. The zero-order chi connectivity index (χ0) is 10.7. The van der Waals surface area contributed by atoms with Crippen LogP contribution in [0, 0.1) is 0 Å². The molecule has 1 unspecified atom stereocenters. The molecular formula is C12H12BrNO. The highest BCUT2D eigenvalue weighted by atomic mass is 79.9. The Labute approximate surface area is 97.5 Å². The van der Waals surface area contributed by atoms with Crippen molar-refractivity contribution >= 4 is 15.9 Å². The van der Waals surface area contributed by atoms with E-state index in [-0.39, 0.29) is 0 Å². The van der Waals surface area contributed by atoms with E-state index in [1.165, 1.54) is 5.56 Å². The topological polar surface area (TPSA) is 26.0 Å². The van der Waals surface area contributed by atoms with Gasteiger partial charge < -0.3 is 4.42 Å². The van der Waals surface area contributed by atoms with Crippen LogP contribution in [0.2, 0.25) is 0 Å². The number of aromatic nitrogens is 1. The van der Waals surface area contributed by atoms with Gasteiger partial charge in [0.1, 0.15) is 6.26 Å². The number of benzene rings is 1. The molecule has 2 nitrogen and oxygen atoms in total. The maximum atomic E-state index is 5.22. The first kappa shape index (κ1) is 10.4. The van der Waals surface area contributed by atoms with Crippen molar-refractivity contribution in [2.24, 2.45) is 0 Å². The molecular weight excluding hydrogens is 254 g/mol. The van der Waals surface area contributed by atoms with E-state index < -0.39 is 0 Å². The Morgan fingerprint density at radius 2 is 2.07 bits per heavy atom. The summed E-state index contributed by atoms with van der Waals surface area (Å²) in [5.41, 5.74) is 2.30. The van der Waals surface area contributed by atoms with Gasteiger partial charge in [-0.15, -0.1) is 0 Å². The van der Waals surface area contributed by atoms with Gasteiger partial charge in [0, 0.05) is 10.4 Å². The second kappa shape index (κ2) is 4.62. The van der Waals surface area contributed by atoms with Crippen molar-refractivity contribution in [3.8, 4) is 11.5 Å². The molecule has 0 aliphatic heterocycles. The summed E-state index contributed by atoms with van der Waals surface area (Å²) >= 11 is 3.62. The Hall–Kier alpha value is -1.09. The fourth-order valence-corrected chi connectivity index (χ4v) is 1.74. The normalized spacial score (nSPS) is 12.7. The van der Waals surface area contributed by atoms with E-state index in [9.17, 15) is 0 Å². The van der Waals surface area contributed by atoms with Crippen molar-refractivity contribution in [2.75, 3.05) is 0 Å². The summed E-state index contributed by atoms with van der Waals surface area (Å²) in [5, 5.41) is 0. The average molecular weight is 266 g/mol. The first-order chi connectivity index (χ1) is 7.31. The maximum Gasteiger partial charge on any atom is 0.225 e. The van der Waals surface area contributed by atoms with E-state index in [1.807, 2.05) is 12.1 Å². The van der Waals surface area contributed by atoms with Crippen LogP contribution in [0.1, 0.15) is 23.7 Å². The zero-order valence-corrected chi connectivity index (χ0v) is 10.1. The highest BCUT2D eigenvalue weighted by Gasteiger charge is 2.06. The molecule has 1 heterocycles. The van der Waals surface area contributed by atoms with Crippen molar-refractivity contribution in [1.29, 1.82) is 0 Å². The lowest BCUT2D eigenvalue weighted by molar-refractivity contribution is 0.574. The van der Waals surface area contributed by atoms with Crippen LogP contribution in [-0.2, 0) is 0 Å². The smallest absolute Gasteiger partial charge is 0.225 e. The molecule has 0 radical (unpaired) electrons. The van der Waals surface area contributed by atoms with Gasteiger partial charge in [-0.2, -0.15) is 0 Å². The molecule has 0 aliphatic carbocycles. The van der Waals surface area contributed by atoms with Gasteiger partial charge in [-0.1, -0.05) is 35.0 Å². The molecule has 0 amide bonds. The van der Waals surface area contributed by atoms with Crippen LogP contribution < -0.4 is 0 Å². The van der Waals surface area contributed by atoms with Gasteiger partial charge in [-0.25, -0.2) is 4.98 Å². The van der Waals surface area contributed by atoms with Gasteiger partial charge in [0.2, 0.25) is 5.89 Å². The number of nitrogens with zero attached hydrogens (tertiary/aromatic N) is 1. The number of hydrogen-bond acceptors (Lipinski definition) is 2. The molecule has 0 saturated carbocycles. The Bertz CT molecular complexity index is 408. The molecule has 0 N–H and O–H groups in total. The van der Waals surface area contributed by atoms with Crippen LogP contribution >= 0.6 is 15.9 Å². The second-order valence-corrected chi connectivity index (χ2v) is 4.44. The molecule has 15 heavy (non-hydrogen) atoms. The largest absolute Gasteiger partial charge is 0.445 e. The molecule has 3 heteroatoms. The average Bonchev–Trinajstić information content (AvgIpc) is 2.82. The van der Waals surface area contributed by atoms with Gasteiger partial charge >= 0.3 is 0 Å². The summed E-state index contributed by atoms with van der Waals surface area (Å²) in [4.78, 5) is 4.53. The van der Waals surface area contributed by atoms with E-state index in [0.717, 1.165) is 12.0 Å². The Balaban J connectivity index is 2.25. The molecule has 0 bridgehead atoms. The fraction of sp³-hybridized carbons (Fsp3) is 0.250. The third-order valence-electron chi connectivity index (χ3n) is 2.31. The van der Waals surface area contributed by atoms with Crippen LogP contribution in [0.3, 0.4) is 0 Å². The highest BCUT2D eigenvalue weighted by Crippen LogP contribution is 2.27. The quantitative estimate of drug-likeness (QED) is 0.778. The van der Waals surface area contributed by atoms with Gasteiger partial charge in [0.25, 0.3) is 0 Å². The first-order valence-electron chi connectivity index (χ1n) is 4.95. The summed E-state index contributed by atoms with van der Waals surface area (Å²) in [7, 11) is 0. The minimum Gasteiger partial charge on any atom is -0.445 e. The minimum absolute atomic E-state index is 0.427. The molecule has 1 aromatic carbocycles. The molecule has 1 atom stereocenters. The highest BCUT2D eigenvalue weighted by molar-refractivity contribution is 9.09. The third-order valence-corrected chi connectivity index (χ3v) is 3.49. The molecule has 0 spiro atoms. The lowest BCUT2D eigenvalue weighted by atomic mass is 10.1. The zero-order valence-electron chi connectivity index (χ0n) is 8.48. The Morgan fingerprint density at radius 1 is 1.33 bits per heavy atom. The van der Waals surface area contributed by atoms with Crippen LogP contribution in [-0.4, -0.2) is 4.98 Å². The number of halogens is 1. The number of rotatable bonds is 3. The summed E-state index contributed by atoms with van der Waals surface area (Å²) in [6.07, 6.45) is 4.32.